The number of nitrogens with zero attached hydrogens (tertiary/aromatic N) is 6. The van der Waals surface area contributed by atoms with Crippen LogP contribution in [0, 0.1) is 12.7 Å². The van der Waals surface area contributed by atoms with E-state index in [2.05, 4.69) is 39.8 Å². The van der Waals surface area contributed by atoms with Gasteiger partial charge in [0.1, 0.15) is 11.5 Å². The van der Waals surface area contributed by atoms with E-state index in [0.717, 1.165) is 5.56 Å². The van der Waals surface area contributed by atoms with Crippen LogP contribution in [-0.2, 0) is 6.54 Å². The molecule has 0 aliphatic carbocycles. The molecule has 126 valence electrons. The fourth-order valence-electron chi connectivity index (χ4n) is 2.46. The summed E-state index contributed by atoms with van der Waals surface area (Å²) < 4.78 is 17.4. The summed E-state index contributed by atoms with van der Waals surface area (Å²) in [6, 6.07) is 7.06. The molecule has 0 bridgehead atoms. The van der Waals surface area contributed by atoms with Gasteiger partial charge in [-0.3, -0.25) is 4.68 Å². The van der Waals surface area contributed by atoms with Gasteiger partial charge in [0, 0.05) is 18.4 Å². The predicted molar refractivity (Wildman–Crippen MR) is 87.1 cm³/mol. The zero-order valence-electron chi connectivity index (χ0n) is 13.9. The lowest BCUT2D eigenvalue weighted by Crippen LogP contribution is -2.34. The third-order valence-electron chi connectivity index (χ3n) is 4.11. The van der Waals surface area contributed by atoms with Crippen LogP contribution in [0.25, 0.3) is 5.69 Å². The summed E-state index contributed by atoms with van der Waals surface area (Å²) in [5, 5.41) is 19.2. The number of hydrogen-bond donors (Lipinski definition) is 1. The molecule has 0 spiro atoms. The molecule has 0 fully saturated rings. The van der Waals surface area contributed by atoms with Crippen LogP contribution >= 0.6 is 0 Å². The number of rotatable bonds is 6. The number of aryl methyl sites for hydroxylation is 1. The second kappa shape index (κ2) is 6.88. The highest BCUT2D eigenvalue weighted by Gasteiger charge is 2.17. The van der Waals surface area contributed by atoms with E-state index in [1.807, 2.05) is 23.9 Å². The molecule has 2 atom stereocenters. The minimum Gasteiger partial charge on any atom is -0.305 e. The number of halogens is 1. The van der Waals surface area contributed by atoms with Gasteiger partial charge in [0.2, 0.25) is 0 Å². The zero-order chi connectivity index (χ0) is 17.1. The highest BCUT2D eigenvalue weighted by molar-refractivity contribution is 5.36. The first-order valence-corrected chi connectivity index (χ1v) is 7.82. The normalized spacial score (nSPS) is 13.8. The van der Waals surface area contributed by atoms with E-state index >= 15 is 0 Å². The Morgan fingerprint density at radius 3 is 2.88 bits per heavy atom. The molecule has 3 aromatic rings. The first-order valence-electron chi connectivity index (χ1n) is 7.82. The summed E-state index contributed by atoms with van der Waals surface area (Å²) in [4.78, 5) is 0. The van der Waals surface area contributed by atoms with Gasteiger partial charge in [-0.25, -0.2) is 4.39 Å². The SMILES string of the molecule is Cc1ccc(F)c(-n2nnnc2CN[C@H](C)[C@H](C)n2cccn2)c1. The minimum absolute atomic E-state index is 0.136. The summed E-state index contributed by atoms with van der Waals surface area (Å²) in [6.07, 6.45) is 3.68. The number of tetrazole rings is 1. The largest absolute Gasteiger partial charge is 0.305 e. The van der Waals surface area contributed by atoms with Crippen LogP contribution in [-0.4, -0.2) is 36.0 Å². The standard InChI is InChI=1S/C16H20FN7/c1-11-5-6-14(17)15(9-11)24-16(20-21-22-24)10-18-12(2)13(3)23-8-4-7-19-23/h4-9,12-13,18H,10H2,1-3H3/t12-,13+/m1/s1. The van der Waals surface area contributed by atoms with Gasteiger partial charge < -0.3 is 5.32 Å². The van der Waals surface area contributed by atoms with Gasteiger partial charge in [-0.1, -0.05) is 6.07 Å². The van der Waals surface area contributed by atoms with Crippen molar-refractivity contribution in [1.82, 2.24) is 35.3 Å². The Morgan fingerprint density at radius 1 is 1.29 bits per heavy atom. The van der Waals surface area contributed by atoms with Gasteiger partial charge in [0.05, 0.1) is 12.6 Å². The Morgan fingerprint density at radius 2 is 2.12 bits per heavy atom. The van der Waals surface area contributed by atoms with E-state index < -0.39 is 0 Å². The minimum atomic E-state index is -0.355. The summed E-state index contributed by atoms with van der Waals surface area (Å²) in [6.45, 7) is 6.47. The van der Waals surface area contributed by atoms with Gasteiger partial charge in [-0.2, -0.15) is 9.78 Å². The molecule has 0 unspecified atom stereocenters. The van der Waals surface area contributed by atoms with Gasteiger partial charge in [0.25, 0.3) is 0 Å². The molecule has 0 saturated carbocycles. The lowest BCUT2D eigenvalue weighted by Gasteiger charge is -2.21. The Labute approximate surface area is 139 Å². The Bertz CT molecular complexity index is 797. The van der Waals surface area contributed by atoms with Crippen molar-refractivity contribution < 1.29 is 4.39 Å². The topological polar surface area (TPSA) is 73.5 Å². The van der Waals surface area contributed by atoms with E-state index in [9.17, 15) is 4.39 Å². The van der Waals surface area contributed by atoms with E-state index in [0.29, 0.717) is 18.1 Å². The third kappa shape index (κ3) is 3.33. The number of benzene rings is 1. The quantitative estimate of drug-likeness (QED) is 0.749. The molecule has 8 heteroatoms. The second-order valence-electron chi connectivity index (χ2n) is 5.86. The molecule has 0 aliphatic rings. The maximum absolute atomic E-state index is 14.1. The van der Waals surface area contributed by atoms with Crippen molar-refractivity contribution in [3.8, 4) is 5.69 Å². The van der Waals surface area contributed by atoms with Crippen molar-refractivity contribution in [2.45, 2.75) is 39.4 Å². The molecule has 1 aromatic carbocycles. The van der Waals surface area contributed by atoms with E-state index in [1.54, 1.807) is 18.3 Å². The Kier molecular flexibility index (Phi) is 4.66. The van der Waals surface area contributed by atoms with Crippen molar-refractivity contribution in [3.05, 3.63) is 53.9 Å². The molecule has 0 radical (unpaired) electrons. The molecule has 24 heavy (non-hydrogen) atoms. The van der Waals surface area contributed by atoms with Crippen molar-refractivity contribution in [3.63, 3.8) is 0 Å². The molecule has 0 amide bonds. The molecule has 7 nitrogen and oxygen atoms in total. The predicted octanol–water partition coefficient (Wildman–Crippen LogP) is 2.05. The maximum Gasteiger partial charge on any atom is 0.170 e. The smallest absolute Gasteiger partial charge is 0.170 e. The van der Waals surface area contributed by atoms with Crippen molar-refractivity contribution in [2.75, 3.05) is 0 Å². The zero-order valence-corrected chi connectivity index (χ0v) is 13.9. The first kappa shape index (κ1) is 16.3. The molecule has 1 N–H and O–H groups in total. The number of aromatic nitrogens is 6. The van der Waals surface area contributed by atoms with Crippen LogP contribution in [0.3, 0.4) is 0 Å². The summed E-state index contributed by atoms with van der Waals surface area (Å²) in [5.41, 5.74) is 1.30. The van der Waals surface area contributed by atoms with Crippen LogP contribution < -0.4 is 5.32 Å². The highest BCUT2D eigenvalue weighted by Crippen LogP contribution is 2.16. The Hall–Kier alpha value is -2.61. The first-order chi connectivity index (χ1) is 11.6. The van der Waals surface area contributed by atoms with Crippen LogP contribution in [0.4, 0.5) is 4.39 Å². The van der Waals surface area contributed by atoms with Gasteiger partial charge in [0.15, 0.2) is 5.82 Å². The highest BCUT2D eigenvalue weighted by atomic mass is 19.1. The van der Waals surface area contributed by atoms with Crippen LogP contribution in [0.5, 0.6) is 0 Å². The maximum atomic E-state index is 14.1. The monoisotopic (exact) mass is 329 g/mol. The summed E-state index contributed by atoms with van der Waals surface area (Å²) in [5.74, 6) is 0.200. The molecule has 0 aliphatic heterocycles. The van der Waals surface area contributed by atoms with Gasteiger partial charge >= 0.3 is 0 Å². The average Bonchev–Trinajstić information content (AvgIpc) is 3.25. The van der Waals surface area contributed by atoms with Crippen LogP contribution in [0.15, 0.2) is 36.7 Å². The number of nitrogens with one attached hydrogen (secondary N) is 1. The molecule has 3 rings (SSSR count). The lowest BCUT2D eigenvalue weighted by molar-refractivity contribution is 0.361. The summed E-state index contributed by atoms with van der Waals surface area (Å²) in [7, 11) is 0. The molecule has 2 heterocycles. The molecule has 0 saturated heterocycles. The molecular weight excluding hydrogens is 309 g/mol. The number of hydrogen-bond acceptors (Lipinski definition) is 5. The van der Waals surface area contributed by atoms with E-state index in [4.69, 9.17) is 0 Å². The fraction of sp³-hybridized carbons (Fsp3) is 0.375. The lowest BCUT2D eigenvalue weighted by atomic mass is 10.2. The van der Waals surface area contributed by atoms with Crippen molar-refractivity contribution >= 4 is 0 Å². The molecule has 2 aromatic heterocycles. The fourth-order valence-corrected chi connectivity index (χ4v) is 2.46. The Balaban J connectivity index is 1.73. The van der Waals surface area contributed by atoms with Crippen molar-refractivity contribution in [2.24, 2.45) is 0 Å². The summed E-state index contributed by atoms with van der Waals surface area (Å²) >= 11 is 0. The van der Waals surface area contributed by atoms with Crippen LogP contribution in [0.1, 0.15) is 31.3 Å². The van der Waals surface area contributed by atoms with Crippen LogP contribution in [0.2, 0.25) is 0 Å². The molecular formula is C16H20FN7. The third-order valence-corrected chi connectivity index (χ3v) is 4.11. The second-order valence-corrected chi connectivity index (χ2v) is 5.86. The van der Waals surface area contributed by atoms with E-state index in [1.165, 1.54) is 10.7 Å². The van der Waals surface area contributed by atoms with Gasteiger partial charge in [-0.05, 0) is 55.0 Å². The van der Waals surface area contributed by atoms with Crippen molar-refractivity contribution in [1.29, 1.82) is 0 Å². The van der Waals surface area contributed by atoms with Gasteiger partial charge in [-0.15, -0.1) is 5.10 Å². The average molecular weight is 329 g/mol. The van der Waals surface area contributed by atoms with E-state index in [-0.39, 0.29) is 17.9 Å².